The van der Waals surface area contributed by atoms with E-state index in [0.29, 0.717) is 0 Å². The van der Waals surface area contributed by atoms with Gasteiger partial charge in [0.25, 0.3) is 0 Å². The summed E-state index contributed by atoms with van der Waals surface area (Å²) in [5.41, 5.74) is 19.8. The van der Waals surface area contributed by atoms with E-state index in [9.17, 15) is 0 Å². The monoisotopic (exact) mass is 755 g/mol. The van der Waals surface area contributed by atoms with Gasteiger partial charge in [0, 0.05) is 28.4 Å². The third-order valence-corrected chi connectivity index (χ3v) is 13.3. The lowest BCUT2D eigenvalue weighted by atomic mass is 9.67. The number of hydrogen-bond donors (Lipinski definition) is 0. The van der Waals surface area contributed by atoms with E-state index < -0.39 is 5.41 Å². The number of nitrogens with zero attached hydrogens (tertiary/aromatic N) is 1. The van der Waals surface area contributed by atoms with Gasteiger partial charge in [-0.05, 0) is 115 Å². The summed E-state index contributed by atoms with van der Waals surface area (Å²) in [6, 6.07) is 72.7. The van der Waals surface area contributed by atoms with Gasteiger partial charge in [0.2, 0.25) is 0 Å². The quantitative estimate of drug-likeness (QED) is 0.157. The zero-order chi connectivity index (χ0) is 39.6. The van der Waals surface area contributed by atoms with Crippen molar-refractivity contribution in [2.45, 2.75) is 37.0 Å². The summed E-state index contributed by atoms with van der Waals surface area (Å²) < 4.78 is 0. The molecule has 0 saturated carbocycles. The number of fused-ring (bicyclic) bond motifs is 6. The third kappa shape index (κ3) is 5.45. The molecule has 0 fully saturated rings. The molecular formula is C58H45N. The Morgan fingerprint density at radius 1 is 0.441 bits per heavy atom. The van der Waals surface area contributed by atoms with Crippen LogP contribution in [-0.2, 0) is 10.8 Å². The van der Waals surface area contributed by atoms with Crippen molar-refractivity contribution in [2.24, 2.45) is 0 Å². The Morgan fingerprint density at radius 2 is 0.983 bits per heavy atom. The van der Waals surface area contributed by atoms with Gasteiger partial charge < -0.3 is 4.90 Å². The van der Waals surface area contributed by atoms with Gasteiger partial charge in [0.1, 0.15) is 0 Å². The van der Waals surface area contributed by atoms with Gasteiger partial charge in [-0.2, -0.15) is 0 Å². The lowest BCUT2D eigenvalue weighted by molar-refractivity contribution is 0.660. The molecule has 1 heteroatoms. The first-order valence-corrected chi connectivity index (χ1v) is 21.0. The lowest BCUT2D eigenvalue weighted by Crippen LogP contribution is -2.28. The maximum absolute atomic E-state index is 2.56. The highest BCUT2D eigenvalue weighted by Gasteiger charge is 2.46. The van der Waals surface area contributed by atoms with E-state index in [0.717, 1.165) is 17.8 Å². The Hall–Kier alpha value is -6.96. The summed E-state index contributed by atoms with van der Waals surface area (Å²) in [5.74, 6) is 0.225. The fourth-order valence-electron chi connectivity index (χ4n) is 10.5. The second kappa shape index (κ2) is 13.9. The van der Waals surface area contributed by atoms with E-state index in [2.05, 4.69) is 237 Å². The predicted molar refractivity (Wildman–Crippen MR) is 247 cm³/mol. The molecule has 8 aromatic carbocycles. The van der Waals surface area contributed by atoms with Gasteiger partial charge >= 0.3 is 0 Å². The molecule has 1 atom stereocenters. The molecule has 8 aromatic rings. The number of hydrogen-bond acceptors (Lipinski definition) is 1. The van der Waals surface area contributed by atoms with Gasteiger partial charge in [0.15, 0.2) is 0 Å². The molecule has 0 spiro atoms. The molecule has 0 aliphatic heterocycles. The number of anilines is 3. The summed E-state index contributed by atoms with van der Waals surface area (Å²) in [6.45, 7) is 4.76. The minimum atomic E-state index is -0.505. The molecule has 1 unspecified atom stereocenters. The first-order valence-electron chi connectivity index (χ1n) is 21.0. The summed E-state index contributed by atoms with van der Waals surface area (Å²) in [6.07, 6.45) is 10.0. The minimum Gasteiger partial charge on any atom is -0.310 e. The molecule has 0 saturated heterocycles. The number of benzene rings is 8. The first kappa shape index (κ1) is 35.2. The van der Waals surface area contributed by atoms with Crippen LogP contribution in [0.2, 0.25) is 0 Å². The van der Waals surface area contributed by atoms with Crippen molar-refractivity contribution in [1.29, 1.82) is 0 Å². The molecule has 0 amide bonds. The highest BCUT2D eigenvalue weighted by atomic mass is 15.1. The Bertz CT molecular complexity index is 2890. The van der Waals surface area contributed by atoms with E-state index >= 15 is 0 Å². The average Bonchev–Trinajstić information content (AvgIpc) is 3.73. The largest absolute Gasteiger partial charge is 0.310 e. The summed E-state index contributed by atoms with van der Waals surface area (Å²) in [4.78, 5) is 2.56. The van der Waals surface area contributed by atoms with Gasteiger partial charge in [-0.25, -0.2) is 0 Å². The lowest BCUT2D eigenvalue weighted by Gasteiger charge is -2.35. The molecule has 282 valence electrons. The second-order valence-electron chi connectivity index (χ2n) is 16.8. The molecule has 59 heavy (non-hydrogen) atoms. The van der Waals surface area contributed by atoms with Crippen LogP contribution in [0.4, 0.5) is 17.1 Å². The standard InChI is InChI=1S/C58H45N/c1-57(2)52-29-17-15-27-47(52)49-34-32-45(38-54(49)57)59(56-36-31-42(40-19-7-3-8-20-40)37-51(56)41-21-9-4-10-22-41)46-33-35-50-48-28-16-18-30-53(48)58(55(50)39-46,43-23-11-5-12-24-43)44-25-13-6-14-26-44/h3-21,23-39,41H,22H2,1-2H3. The van der Waals surface area contributed by atoms with Crippen LogP contribution in [0, 0.1) is 0 Å². The van der Waals surface area contributed by atoms with Crippen LogP contribution in [-0.4, -0.2) is 0 Å². The molecule has 11 rings (SSSR count). The molecule has 3 aliphatic carbocycles. The maximum Gasteiger partial charge on any atom is 0.0714 e. The van der Waals surface area contributed by atoms with Crippen LogP contribution in [0.25, 0.3) is 33.4 Å². The van der Waals surface area contributed by atoms with Crippen LogP contribution < -0.4 is 4.90 Å². The topological polar surface area (TPSA) is 3.24 Å². The van der Waals surface area contributed by atoms with Crippen molar-refractivity contribution in [3.05, 3.63) is 257 Å². The third-order valence-electron chi connectivity index (χ3n) is 13.3. The Kier molecular flexibility index (Phi) is 8.27. The van der Waals surface area contributed by atoms with Crippen molar-refractivity contribution in [1.82, 2.24) is 0 Å². The van der Waals surface area contributed by atoms with Gasteiger partial charge in [-0.3, -0.25) is 0 Å². The average molecular weight is 756 g/mol. The van der Waals surface area contributed by atoms with E-state index in [1.165, 1.54) is 78.0 Å². The molecular weight excluding hydrogens is 711 g/mol. The molecule has 0 heterocycles. The van der Waals surface area contributed by atoms with Crippen molar-refractivity contribution in [3.8, 4) is 33.4 Å². The minimum absolute atomic E-state index is 0.139. The highest BCUT2D eigenvalue weighted by Crippen LogP contribution is 2.58. The first-order chi connectivity index (χ1) is 29.0. The van der Waals surface area contributed by atoms with Crippen LogP contribution in [0.5, 0.6) is 0 Å². The Morgan fingerprint density at radius 3 is 1.63 bits per heavy atom. The Balaban J connectivity index is 1.19. The molecule has 3 aliphatic rings. The summed E-state index contributed by atoms with van der Waals surface area (Å²) in [7, 11) is 0. The van der Waals surface area contributed by atoms with Gasteiger partial charge in [0.05, 0.1) is 5.41 Å². The molecule has 0 radical (unpaired) electrons. The van der Waals surface area contributed by atoms with E-state index in [4.69, 9.17) is 0 Å². The summed E-state index contributed by atoms with van der Waals surface area (Å²) in [5, 5.41) is 0. The highest BCUT2D eigenvalue weighted by molar-refractivity contribution is 5.91. The zero-order valence-corrected chi connectivity index (χ0v) is 33.5. The fourth-order valence-corrected chi connectivity index (χ4v) is 10.5. The normalized spacial score (nSPS) is 16.2. The maximum atomic E-state index is 2.56. The zero-order valence-electron chi connectivity index (χ0n) is 33.5. The van der Waals surface area contributed by atoms with Crippen LogP contribution in [0.1, 0.15) is 65.1 Å². The van der Waals surface area contributed by atoms with Crippen molar-refractivity contribution in [2.75, 3.05) is 4.90 Å². The second-order valence-corrected chi connectivity index (χ2v) is 16.8. The summed E-state index contributed by atoms with van der Waals surface area (Å²) >= 11 is 0. The number of rotatable bonds is 7. The molecule has 1 nitrogen and oxygen atoms in total. The van der Waals surface area contributed by atoms with E-state index in [-0.39, 0.29) is 11.3 Å². The van der Waals surface area contributed by atoms with Crippen molar-refractivity contribution >= 4 is 17.1 Å². The fraction of sp³-hybridized carbons (Fsp3) is 0.103. The van der Waals surface area contributed by atoms with Gasteiger partial charge in [-0.15, -0.1) is 0 Å². The molecule has 0 N–H and O–H groups in total. The smallest absolute Gasteiger partial charge is 0.0714 e. The van der Waals surface area contributed by atoms with Crippen LogP contribution in [0.15, 0.2) is 218 Å². The molecule has 0 bridgehead atoms. The van der Waals surface area contributed by atoms with Crippen molar-refractivity contribution in [3.63, 3.8) is 0 Å². The SMILES string of the molecule is CC1(C)c2ccccc2-c2ccc(N(c3ccc4c(c3)C(c3ccccc3)(c3ccccc3)c3ccccc3-4)c3ccc(-c4ccccc4)cc3C3C=CC=CC3)cc21. The number of allylic oxidation sites excluding steroid dienone is 4. The van der Waals surface area contributed by atoms with Gasteiger partial charge in [-0.1, -0.05) is 196 Å². The van der Waals surface area contributed by atoms with Crippen LogP contribution in [0.3, 0.4) is 0 Å². The van der Waals surface area contributed by atoms with E-state index in [1.807, 2.05) is 0 Å². The van der Waals surface area contributed by atoms with Crippen molar-refractivity contribution < 1.29 is 0 Å². The van der Waals surface area contributed by atoms with Crippen LogP contribution >= 0.6 is 0 Å². The predicted octanol–water partition coefficient (Wildman–Crippen LogP) is 15.1. The van der Waals surface area contributed by atoms with E-state index in [1.54, 1.807) is 0 Å². The Labute approximate surface area is 348 Å². The molecule has 0 aromatic heterocycles.